The molecule has 0 unspecified atom stereocenters. The molecule has 0 atom stereocenters. The number of aromatic nitrogens is 2. The predicted molar refractivity (Wildman–Crippen MR) is 83.3 cm³/mol. The molecule has 0 fully saturated rings. The summed E-state index contributed by atoms with van der Waals surface area (Å²) in [5, 5.41) is 19.4. The maximum atomic E-state index is 12.4. The van der Waals surface area contributed by atoms with Crippen LogP contribution >= 0.6 is 0 Å². The summed E-state index contributed by atoms with van der Waals surface area (Å²) in [7, 11) is 1.86. The van der Waals surface area contributed by atoms with Crippen LogP contribution in [0.5, 0.6) is 11.5 Å². The van der Waals surface area contributed by atoms with Gasteiger partial charge in [0.05, 0.1) is 23.0 Å². The van der Waals surface area contributed by atoms with Crippen molar-refractivity contribution < 1.29 is 15.0 Å². The number of imidazole rings is 1. The number of aryl methyl sites for hydroxylation is 2. The van der Waals surface area contributed by atoms with E-state index in [0.717, 1.165) is 11.0 Å². The SMILES string of the molecule is Cc1cc(C(=O)Cc2nc3ccccc3n2C)c(O)cc1O. The van der Waals surface area contributed by atoms with E-state index in [4.69, 9.17) is 0 Å². The Hall–Kier alpha value is -2.82. The van der Waals surface area contributed by atoms with Crippen molar-refractivity contribution in [1.29, 1.82) is 0 Å². The number of phenols is 2. The molecule has 3 aromatic rings. The van der Waals surface area contributed by atoms with Gasteiger partial charge in [-0.05, 0) is 30.7 Å². The Morgan fingerprint density at radius 1 is 1.18 bits per heavy atom. The molecule has 1 heterocycles. The normalized spacial score (nSPS) is 11.0. The van der Waals surface area contributed by atoms with Crippen LogP contribution in [0.3, 0.4) is 0 Å². The number of phenolic OH excluding ortho intramolecular Hbond substituents is 2. The largest absolute Gasteiger partial charge is 0.508 e. The van der Waals surface area contributed by atoms with Gasteiger partial charge in [0, 0.05) is 13.1 Å². The zero-order chi connectivity index (χ0) is 15.9. The van der Waals surface area contributed by atoms with E-state index in [1.54, 1.807) is 6.92 Å². The number of carbonyl (C=O) groups is 1. The van der Waals surface area contributed by atoms with Crippen LogP contribution in [-0.2, 0) is 13.5 Å². The van der Waals surface area contributed by atoms with Gasteiger partial charge in [-0.1, -0.05) is 12.1 Å². The number of nitrogens with zero attached hydrogens (tertiary/aromatic N) is 2. The van der Waals surface area contributed by atoms with Crippen LogP contribution in [0.25, 0.3) is 11.0 Å². The van der Waals surface area contributed by atoms with Crippen LogP contribution in [0.2, 0.25) is 0 Å². The van der Waals surface area contributed by atoms with E-state index in [0.29, 0.717) is 11.4 Å². The van der Waals surface area contributed by atoms with Gasteiger partial charge in [0.1, 0.15) is 17.3 Å². The number of para-hydroxylation sites is 2. The number of benzene rings is 2. The average Bonchev–Trinajstić information content (AvgIpc) is 2.80. The number of hydrogen-bond acceptors (Lipinski definition) is 4. The lowest BCUT2D eigenvalue weighted by atomic mass is 10.0. The van der Waals surface area contributed by atoms with Crippen molar-refractivity contribution in [2.45, 2.75) is 13.3 Å². The Morgan fingerprint density at radius 2 is 1.91 bits per heavy atom. The Bertz CT molecular complexity index is 881. The standard InChI is InChI=1S/C17H16N2O3/c1-10-7-11(15(21)8-14(10)20)16(22)9-17-18-12-5-3-4-6-13(12)19(17)2/h3-8,20-21H,9H2,1-2H3. The molecule has 0 spiro atoms. The van der Waals surface area contributed by atoms with Crippen molar-refractivity contribution in [3.63, 3.8) is 0 Å². The summed E-state index contributed by atoms with van der Waals surface area (Å²) in [6.07, 6.45) is 0.0863. The van der Waals surface area contributed by atoms with Crippen molar-refractivity contribution in [1.82, 2.24) is 9.55 Å². The molecular weight excluding hydrogens is 280 g/mol. The lowest BCUT2D eigenvalue weighted by Gasteiger charge is -2.07. The molecule has 22 heavy (non-hydrogen) atoms. The summed E-state index contributed by atoms with van der Waals surface area (Å²) in [5.41, 5.74) is 2.53. The van der Waals surface area contributed by atoms with Crippen molar-refractivity contribution in [2.24, 2.45) is 7.05 Å². The van der Waals surface area contributed by atoms with Crippen LogP contribution in [-0.4, -0.2) is 25.5 Å². The molecule has 0 aliphatic heterocycles. The first-order chi connectivity index (χ1) is 10.5. The molecule has 0 saturated carbocycles. The van der Waals surface area contributed by atoms with E-state index in [2.05, 4.69) is 4.98 Å². The number of aromatic hydroxyl groups is 2. The highest BCUT2D eigenvalue weighted by atomic mass is 16.3. The molecule has 112 valence electrons. The van der Waals surface area contributed by atoms with Crippen molar-refractivity contribution >= 4 is 16.8 Å². The van der Waals surface area contributed by atoms with Gasteiger partial charge in [-0.25, -0.2) is 4.98 Å². The van der Waals surface area contributed by atoms with E-state index in [9.17, 15) is 15.0 Å². The molecule has 0 radical (unpaired) electrons. The maximum Gasteiger partial charge on any atom is 0.174 e. The van der Waals surface area contributed by atoms with E-state index in [1.807, 2.05) is 35.9 Å². The first kappa shape index (κ1) is 14.1. The third-order valence-electron chi connectivity index (χ3n) is 3.81. The Morgan fingerprint density at radius 3 is 2.64 bits per heavy atom. The number of carbonyl (C=O) groups excluding carboxylic acids is 1. The van der Waals surface area contributed by atoms with Crippen molar-refractivity contribution in [2.75, 3.05) is 0 Å². The van der Waals surface area contributed by atoms with Gasteiger partial charge in [0.15, 0.2) is 5.78 Å². The second kappa shape index (κ2) is 5.18. The summed E-state index contributed by atoms with van der Waals surface area (Å²) in [5.74, 6) is 0.152. The molecule has 0 amide bonds. The van der Waals surface area contributed by atoms with Gasteiger partial charge >= 0.3 is 0 Å². The molecular formula is C17H16N2O3. The second-order valence-corrected chi connectivity index (χ2v) is 5.33. The van der Waals surface area contributed by atoms with E-state index in [-0.39, 0.29) is 29.3 Å². The Balaban J connectivity index is 1.97. The Labute approximate surface area is 127 Å². The third-order valence-corrected chi connectivity index (χ3v) is 3.81. The number of ketones is 1. The van der Waals surface area contributed by atoms with Gasteiger partial charge < -0.3 is 14.8 Å². The predicted octanol–water partition coefficient (Wildman–Crippen LogP) is 2.72. The maximum absolute atomic E-state index is 12.4. The minimum atomic E-state index is -0.237. The van der Waals surface area contributed by atoms with Crippen LogP contribution in [0.4, 0.5) is 0 Å². The smallest absolute Gasteiger partial charge is 0.174 e. The molecule has 0 bridgehead atoms. The summed E-state index contributed by atoms with van der Waals surface area (Å²) in [6.45, 7) is 1.68. The summed E-state index contributed by atoms with van der Waals surface area (Å²) < 4.78 is 1.87. The lowest BCUT2D eigenvalue weighted by Crippen LogP contribution is -2.09. The van der Waals surface area contributed by atoms with Crippen LogP contribution < -0.4 is 0 Å². The first-order valence-electron chi connectivity index (χ1n) is 6.93. The number of Topliss-reactive ketones (excluding diaryl/α,β-unsaturated/α-hetero) is 1. The fraction of sp³-hybridized carbons (Fsp3) is 0.176. The first-order valence-corrected chi connectivity index (χ1v) is 6.93. The lowest BCUT2D eigenvalue weighted by molar-refractivity contribution is 0.0987. The molecule has 5 heteroatoms. The minimum absolute atomic E-state index is 0.0308. The van der Waals surface area contributed by atoms with Crippen LogP contribution in [0.1, 0.15) is 21.7 Å². The van der Waals surface area contributed by atoms with Crippen molar-refractivity contribution in [3.05, 3.63) is 53.3 Å². The molecule has 1 aromatic heterocycles. The van der Waals surface area contributed by atoms with E-state index >= 15 is 0 Å². The molecule has 0 aliphatic rings. The summed E-state index contributed by atoms with van der Waals surface area (Å²) in [6, 6.07) is 10.3. The van der Waals surface area contributed by atoms with Gasteiger partial charge in [-0.3, -0.25) is 4.79 Å². The second-order valence-electron chi connectivity index (χ2n) is 5.33. The third kappa shape index (κ3) is 2.30. The number of hydrogen-bond donors (Lipinski definition) is 2. The molecule has 2 N–H and O–H groups in total. The quantitative estimate of drug-likeness (QED) is 0.729. The average molecular weight is 296 g/mol. The van der Waals surface area contributed by atoms with Gasteiger partial charge in [0.25, 0.3) is 0 Å². The fourth-order valence-corrected chi connectivity index (χ4v) is 2.50. The highest BCUT2D eigenvalue weighted by Gasteiger charge is 2.17. The minimum Gasteiger partial charge on any atom is -0.508 e. The molecule has 3 rings (SSSR count). The zero-order valence-electron chi connectivity index (χ0n) is 12.4. The zero-order valence-corrected chi connectivity index (χ0v) is 12.4. The number of fused-ring (bicyclic) bond motifs is 1. The van der Waals surface area contributed by atoms with Crippen molar-refractivity contribution in [3.8, 4) is 11.5 Å². The highest BCUT2D eigenvalue weighted by Crippen LogP contribution is 2.28. The van der Waals surface area contributed by atoms with Crippen LogP contribution in [0, 0.1) is 6.92 Å². The van der Waals surface area contributed by atoms with Crippen LogP contribution in [0.15, 0.2) is 36.4 Å². The van der Waals surface area contributed by atoms with E-state index in [1.165, 1.54) is 12.1 Å². The molecule has 2 aromatic carbocycles. The fourth-order valence-electron chi connectivity index (χ4n) is 2.50. The van der Waals surface area contributed by atoms with E-state index < -0.39 is 0 Å². The topological polar surface area (TPSA) is 75.4 Å². The summed E-state index contributed by atoms with van der Waals surface area (Å²) in [4.78, 5) is 16.9. The molecule has 0 aliphatic carbocycles. The van der Waals surface area contributed by atoms with Gasteiger partial charge in [0.2, 0.25) is 0 Å². The van der Waals surface area contributed by atoms with Gasteiger partial charge in [-0.15, -0.1) is 0 Å². The highest BCUT2D eigenvalue weighted by molar-refractivity contribution is 6.00. The molecule has 5 nitrogen and oxygen atoms in total. The molecule has 0 saturated heterocycles. The Kier molecular flexibility index (Phi) is 3.33. The number of rotatable bonds is 3. The summed E-state index contributed by atoms with van der Waals surface area (Å²) >= 11 is 0. The monoisotopic (exact) mass is 296 g/mol. The van der Waals surface area contributed by atoms with Gasteiger partial charge in [-0.2, -0.15) is 0 Å².